The summed E-state index contributed by atoms with van der Waals surface area (Å²) in [6.07, 6.45) is 5.08. The molecule has 0 saturated carbocycles. The SMILES string of the molecule is COc1cc(Br)ccc1OCC(=O)N/N=C(C)\C=C\c1ccco1. The fraction of sp³-hybridized carbons (Fsp3) is 0.176. The smallest absolute Gasteiger partial charge is 0.277 e. The Kier molecular flexibility index (Phi) is 6.62. The summed E-state index contributed by atoms with van der Waals surface area (Å²) in [4.78, 5) is 11.8. The van der Waals surface area contributed by atoms with Crippen molar-refractivity contribution in [2.24, 2.45) is 5.10 Å². The number of amides is 1. The minimum absolute atomic E-state index is 0.170. The van der Waals surface area contributed by atoms with E-state index in [-0.39, 0.29) is 12.5 Å². The highest BCUT2D eigenvalue weighted by molar-refractivity contribution is 9.10. The fourth-order valence-corrected chi connectivity index (χ4v) is 2.05. The molecule has 126 valence electrons. The van der Waals surface area contributed by atoms with Crippen LogP contribution in [-0.4, -0.2) is 25.3 Å². The van der Waals surface area contributed by atoms with Crippen LogP contribution < -0.4 is 14.9 Å². The van der Waals surface area contributed by atoms with E-state index < -0.39 is 0 Å². The standard InChI is InChI=1S/C17H17BrN2O4/c1-12(5-7-14-4-3-9-23-14)19-20-17(21)11-24-15-8-6-13(18)10-16(15)22-2/h3-10H,11H2,1-2H3,(H,20,21)/b7-5+,19-12-. The number of ether oxygens (including phenoxy) is 2. The maximum absolute atomic E-state index is 11.8. The second-order valence-electron chi connectivity index (χ2n) is 4.72. The van der Waals surface area contributed by atoms with Crippen LogP contribution in [0, 0.1) is 0 Å². The molecule has 0 atom stereocenters. The lowest BCUT2D eigenvalue weighted by atomic mass is 10.3. The van der Waals surface area contributed by atoms with Crippen molar-refractivity contribution in [2.75, 3.05) is 13.7 Å². The molecule has 0 radical (unpaired) electrons. The Labute approximate surface area is 148 Å². The van der Waals surface area contributed by atoms with Gasteiger partial charge in [0.25, 0.3) is 5.91 Å². The van der Waals surface area contributed by atoms with Gasteiger partial charge in [0.15, 0.2) is 18.1 Å². The highest BCUT2D eigenvalue weighted by Gasteiger charge is 2.07. The van der Waals surface area contributed by atoms with Crippen molar-refractivity contribution in [1.29, 1.82) is 0 Å². The molecule has 0 unspecified atom stereocenters. The average molecular weight is 393 g/mol. The topological polar surface area (TPSA) is 73.1 Å². The molecule has 0 aliphatic carbocycles. The molecule has 1 aromatic carbocycles. The first-order valence-corrected chi connectivity index (χ1v) is 7.89. The molecule has 0 aliphatic heterocycles. The molecule has 1 N–H and O–H groups in total. The van der Waals surface area contributed by atoms with E-state index in [9.17, 15) is 4.79 Å². The lowest BCUT2D eigenvalue weighted by Gasteiger charge is -2.10. The third-order valence-corrected chi connectivity index (χ3v) is 3.37. The third kappa shape index (κ3) is 5.58. The summed E-state index contributed by atoms with van der Waals surface area (Å²) in [6.45, 7) is 1.59. The number of hydrazone groups is 1. The monoisotopic (exact) mass is 392 g/mol. The molecule has 0 saturated heterocycles. The van der Waals surface area contributed by atoms with Crippen LogP contribution in [0.15, 0.2) is 56.7 Å². The van der Waals surface area contributed by atoms with E-state index in [0.29, 0.717) is 23.0 Å². The highest BCUT2D eigenvalue weighted by Crippen LogP contribution is 2.29. The summed E-state index contributed by atoms with van der Waals surface area (Å²) in [5, 5.41) is 3.96. The van der Waals surface area contributed by atoms with Crippen molar-refractivity contribution in [1.82, 2.24) is 5.43 Å². The Morgan fingerprint density at radius 1 is 1.38 bits per heavy atom. The van der Waals surface area contributed by atoms with Gasteiger partial charge in [0.05, 0.1) is 19.1 Å². The fourth-order valence-electron chi connectivity index (χ4n) is 1.71. The molecule has 0 spiro atoms. The Bertz CT molecular complexity index is 739. The van der Waals surface area contributed by atoms with Gasteiger partial charge in [0, 0.05) is 4.47 Å². The molecule has 24 heavy (non-hydrogen) atoms. The van der Waals surface area contributed by atoms with E-state index in [1.54, 1.807) is 49.6 Å². The first-order valence-electron chi connectivity index (χ1n) is 7.09. The first-order chi connectivity index (χ1) is 11.6. The van der Waals surface area contributed by atoms with Gasteiger partial charge < -0.3 is 13.9 Å². The molecule has 0 aliphatic rings. The molecule has 1 amide bonds. The van der Waals surface area contributed by atoms with Crippen LogP contribution >= 0.6 is 15.9 Å². The molecular formula is C17H17BrN2O4. The zero-order chi connectivity index (χ0) is 17.4. The van der Waals surface area contributed by atoms with Gasteiger partial charge in [0.1, 0.15) is 5.76 Å². The van der Waals surface area contributed by atoms with Crippen molar-refractivity contribution in [2.45, 2.75) is 6.92 Å². The molecule has 0 fully saturated rings. The van der Waals surface area contributed by atoms with Crippen LogP contribution in [0.25, 0.3) is 6.08 Å². The van der Waals surface area contributed by atoms with Crippen LogP contribution in [0.2, 0.25) is 0 Å². The predicted molar refractivity (Wildman–Crippen MR) is 95.2 cm³/mol. The number of rotatable bonds is 7. The summed E-state index contributed by atoms with van der Waals surface area (Å²) in [6, 6.07) is 8.90. The second kappa shape index (κ2) is 8.93. The maximum Gasteiger partial charge on any atom is 0.277 e. The Morgan fingerprint density at radius 3 is 2.92 bits per heavy atom. The molecular weight excluding hydrogens is 376 g/mol. The van der Waals surface area contributed by atoms with E-state index in [1.807, 2.05) is 6.07 Å². The zero-order valence-corrected chi connectivity index (χ0v) is 14.9. The van der Waals surface area contributed by atoms with Crippen LogP contribution in [0.5, 0.6) is 11.5 Å². The lowest BCUT2D eigenvalue weighted by Crippen LogP contribution is -2.25. The van der Waals surface area contributed by atoms with Gasteiger partial charge in [-0.1, -0.05) is 15.9 Å². The number of nitrogens with zero attached hydrogens (tertiary/aromatic N) is 1. The van der Waals surface area contributed by atoms with Crippen LogP contribution in [0.1, 0.15) is 12.7 Å². The number of hydrogen-bond acceptors (Lipinski definition) is 5. The number of allylic oxidation sites excluding steroid dienone is 1. The third-order valence-electron chi connectivity index (χ3n) is 2.87. The minimum atomic E-state index is -0.370. The number of carbonyl (C=O) groups is 1. The average Bonchev–Trinajstić information content (AvgIpc) is 3.10. The Morgan fingerprint density at radius 2 is 2.21 bits per heavy atom. The number of benzene rings is 1. The summed E-state index contributed by atoms with van der Waals surface area (Å²) >= 11 is 3.34. The summed E-state index contributed by atoms with van der Waals surface area (Å²) in [5.41, 5.74) is 3.05. The molecule has 2 rings (SSSR count). The largest absolute Gasteiger partial charge is 0.493 e. The molecule has 2 aromatic rings. The van der Waals surface area contributed by atoms with Gasteiger partial charge in [-0.3, -0.25) is 4.79 Å². The Hall–Kier alpha value is -2.54. The number of hydrogen-bond donors (Lipinski definition) is 1. The minimum Gasteiger partial charge on any atom is -0.493 e. The summed E-state index contributed by atoms with van der Waals surface area (Å²) in [5.74, 6) is 1.36. The predicted octanol–water partition coefficient (Wildman–Crippen LogP) is 3.64. The molecule has 1 aromatic heterocycles. The second-order valence-corrected chi connectivity index (χ2v) is 5.64. The number of nitrogens with one attached hydrogen (secondary N) is 1. The van der Waals surface area contributed by atoms with Crippen molar-refractivity contribution in [3.8, 4) is 11.5 Å². The normalized spacial score (nSPS) is 11.5. The van der Waals surface area contributed by atoms with Gasteiger partial charge in [-0.15, -0.1) is 0 Å². The molecule has 1 heterocycles. The molecule has 6 nitrogen and oxygen atoms in total. The van der Waals surface area contributed by atoms with Crippen LogP contribution in [0.4, 0.5) is 0 Å². The van der Waals surface area contributed by atoms with Gasteiger partial charge in [-0.2, -0.15) is 5.10 Å². The quantitative estimate of drug-likeness (QED) is 0.576. The van der Waals surface area contributed by atoms with Crippen LogP contribution in [-0.2, 0) is 4.79 Å². The summed E-state index contributed by atoms with van der Waals surface area (Å²) in [7, 11) is 1.54. The highest BCUT2D eigenvalue weighted by atomic mass is 79.9. The van der Waals surface area contributed by atoms with Crippen LogP contribution in [0.3, 0.4) is 0 Å². The van der Waals surface area contributed by atoms with E-state index in [0.717, 1.165) is 4.47 Å². The van der Waals surface area contributed by atoms with Gasteiger partial charge >= 0.3 is 0 Å². The van der Waals surface area contributed by atoms with E-state index in [2.05, 4.69) is 26.5 Å². The summed E-state index contributed by atoms with van der Waals surface area (Å²) < 4.78 is 16.7. The van der Waals surface area contributed by atoms with Gasteiger partial charge in [0.2, 0.25) is 0 Å². The first kappa shape index (κ1) is 17.8. The number of furan rings is 1. The zero-order valence-electron chi connectivity index (χ0n) is 13.3. The van der Waals surface area contributed by atoms with Gasteiger partial charge in [-0.05, 0) is 49.4 Å². The molecule has 7 heteroatoms. The maximum atomic E-state index is 11.8. The van der Waals surface area contributed by atoms with Crippen molar-refractivity contribution < 1.29 is 18.7 Å². The van der Waals surface area contributed by atoms with Gasteiger partial charge in [-0.25, -0.2) is 5.43 Å². The number of carbonyl (C=O) groups excluding carboxylic acids is 1. The van der Waals surface area contributed by atoms with E-state index >= 15 is 0 Å². The molecule has 0 bridgehead atoms. The number of methoxy groups -OCH3 is 1. The van der Waals surface area contributed by atoms with E-state index in [1.165, 1.54) is 7.11 Å². The van der Waals surface area contributed by atoms with E-state index in [4.69, 9.17) is 13.9 Å². The van der Waals surface area contributed by atoms with Crippen molar-refractivity contribution in [3.63, 3.8) is 0 Å². The van der Waals surface area contributed by atoms with Crippen molar-refractivity contribution in [3.05, 3.63) is 52.9 Å². The number of halogens is 1. The lowest BCUT2D eigenvalue weighted by molar-refractivity contribution is -0.123. The Balaban J connectivity index is 1.84. The van der Waals surface area contributed by atoms with Crippen molar-refractivity contribution >= 4 is 33.6 Å².